The van der Waals surface area contributed by atoms with E-state index in [-0.39, 0.29) is 5.92 Å². The third kappa shape index (κ3) is 1.59. The highest BCUT2D eigenvalue weighted by atomic mass is 16.3. The molecule has 2 nitrogen and oxygen atoms in total. The normalized spacial score (nSPS) is 36.0. The number of allylic oxidation sites excluding steroid dienone is 1. The molecule has 3 atom stereocenters. The summed E-state index contributed by atoms with van der Waals surface area (Å²) in [6.07, 6.45) is 1.38. The summed E-state index contributed by atoms with van der Waals surface area (Å²) in [6, 6.07) is 0. The maximum Gasteiger partial charge on any atom is 0.101 e. The first kappa shape index (κ1) is 9.49. The van der Waals surface area contributed by atoms with Crippen molar-refractivity contribution in [1.29, 1.82) is 0 Å². The molecule has 0 bridgehead atoms. The van der Waals surface area contributed by atoms with E-state index >= 15 is 0 Å². The molecule has 0 saturated carbocycles. The van der Waals surface area contributed by atoms with Gasteiger partial charge >= 0.3 is 0 Å². The predicted molar refractivity (Wildman–Crippen MR) is 48.7 cm³/mol. The molecule has 1 aliphatic rings. The van der Waals surface area contributed by atoms with Crippen molar-refractivity contribution in [2.75, 3.05) is 0 Å². The van der Waals surface area contributed by atoms with E-state index in [4.69, 9.17) is 0 Å². The zero-order chi connectivity index (χ0) is 9.30. The lowest BCUT2D eigenvalue weighted by molar-refractivity contribution is 0.00618. The molecular weight excluding hydrogens is 152 g/mol. The molecule has 12 heavy (non-hydrogen) atoms. The molecule has 0 saturated heterocycles. The molecule has 0 aliphatic heterocycles. The van der Waals surface area contributed by atoms with Crippen molar-refractivity contribution in [2.24, 2.45) is 5.92 Å². The van der Waals surface area contributed by atoms with Crippen LogP contribution in [0.3, 0.4) is 0 Å². The van der Waals surface area contributed by atoms with Crippen molar-refractivity contribution in [3.8, 4) is 0 Å². The Hall–Kier alpha value is -0.600. The van der Waals surface area contributed by atoms with Crippen LogP contribution >= 0.6 is 0 Å². The average Bonchev–Trinajstić information content (AvgIpc) is 2.00. The summed E-state index contributed by atoms with van der Waals surface area (Å²) in [5.41, 5.74) is 1.80. The average molecular weight is 168 g/mol. The summed E-state index contributed by atoms with van der Waals surface area (Å²) in [4.78, 5) is 0. The van der Waals surface area contributed by atoms with Crippen molar-refractivity contribution in [1.82, 2.24) is 0 Å². The summed E-state index contributed by atoms with van der Waals surface area (Å²) in [5, 5.41) is 19.1. The van der Waals surface area contributed by atoms with Gasteiger partial charge in [0.25, 0.3) is 0 Å². The summed E-state index contributed by atoms with van der Waals surface area (Å²) >= 11 is 0. The first-order valence-electron chi connectivity index (χ1n) is 4.22. The zero-order valence-electron chi connectivity index (χ0n) is 7.62. The summed E-state index contributed by atoms with van der Waals surface area (Å²) < 4.78 is 0. The Kier molecular flexibility index (Phi) is 2.70. The molecule has 2 heteroatoms. The van der Waals surface area contributed by atoms with Gasteiger partial charge in [0.15, 0.2) is 0 Å². The molecule has 0 aromatic carbocycles. The van der Waals surface area contributed by atoms with E-state index in [1.807, 2.05) is 19.9 Å². The van der Waals surface area contributed by atoms with Gasteiger partial charge in [0.05, 0.1) is 6.10 Å². The fourth-order valence-electron chi connectivity index (χ4n) is 1.56. The van der Waals surface area contributed by atoms with Gasteiger partial charge in [0, 0.05) is 5.92 Å². The van der Waals surface area contributed by atoms with Crippen molar-refractivity contribution in [2.45, 2.75) is 32.5 Å². The topological polar surface area (TPSA) is 40.5 Å². The fourth-order valence-corrected chi connectivity index (χ4v) is 1.56. The standard InChI is InChI=1S/C10H16O2/c1-6(2)8-5-4-7(3)9(11)10(8)12/h4,8-12H,1,5H2,2-3H3/t8?,9-,10-/m1/s1. The molecule has 1 aliphatic carbocycles. The second kappa shape index (κ2) is 3.42. The number of hydrogen-bond acceptors (Lipinski definition) is 2. The summed E-state index contributed by atoms with van der Waals surface area (Å²) in [5.74, 6) is 0.0173. The van der Waals surface area contributed by atoms with Crippen molar-refractivity contribution < 1.29 is 10.2 Å². The van der Waals surface area contributed by atoms with E-state index in [2.05, 4.69) is 6.58 Å². The van der Waals surface area contributed by atoms with Crippen molar-refractivity contribution in [3.63, 3.8) is 0 Å². The van der Waals surface area contributed by atoms with E-state index in [0.29, 0.717) is 0 Å². The van der Waals surface area contributed by atoms with E-state index < -0.39 is 12.2 Å². The number of hydrogen-bond donors (Lipinski definition) is 2. The Labute approximate surface area is 73.2 Å². The molecule has 0 aromatic heterocycles. The third-order valence-corrected chi connectivity index (χ3v) is 2.53. The summed E-state index contributed by atoms with van der Waals surface area (Å²) in [6.45, 7) is 7.51. The SMILES string of the molecule is C=C(C)C1CC=C(C)[C@@H](O)[C@@H]1O. The Morgan fingerprint density at radius 2 is 2.17 bits per heavy atom. The molecular formula is C10H16O2. The quantitative estimate of drug-likeness (QED) is 0.578. The highest BCUT2D eigenvalue weighted by Gasteiger charge is 2.30. The van der Waals surface area contributed by atoms with E-state index in [9.17, 15) is 10.2 Å². The Bertz CT molecular complexity index is 218. The van der Waals surface area contributed by atoms with Gasteiger partial charge in [-0.1, -0.05) is 18.2 Å². The van der Waals surface area contributed by atoms with Crippen LogP contribution in [0.5, 0.6) is 0 Å². The lowest BCUT2D eigenvalue weighted by Gasteiger charge is -2.31. The van der Waals surface area contributed by atoms with Gasteiger partial charge in [-0.3, -0.25) is 0 Å². The minimum absolute atomic E-state index is 0.0173. The van der Waals surface area contributed by atoms with Crippen LogP contribution in [0.25, 0.3) is 0 Å². The number of aliphatic hydroxyl groups is 2. The zero-order valence-corrected chi connectivity index (χ0v) is 7.62. The van der Waals surface area contributed by atoms with Crippen LogP contribution in [0.2, 0.25) is 0 Å². The Morgan fingerprint density at radius 3 is 2.67 bits per heavy atom. The molecule has 0 aromatic rings. The highest BCUT2D eigenvalue weighted by molar-refractivity contribution is 5.18. The fraction of sp³-hybridized carbons (Fsp3) is 0.600. The third-order valence-electron chi connectivity index (χ3n) is 2.53. The Balaban J connectivity index is 2.80. The predicted octanol–water partition coefficient (Wildman–Crippen LogP) is 1.25. The van der Waals surface area contributed by atoms with Crippen LogP contribution in [0.4, 0.5) is 0 Å². The largest absolute Gasteiger partial charge is 0.389 e. The van der Waals surface area contributed by atoms with Gasteiger partial charge in [-0.05, 0) is 25.8 Å². The molecule has 1 rings (SSSR count). The minimum atomic E-state index is -0.708. The van der Waals surface area contributed by atoms with Gasteiger partial charge in [0.1, 0.15) is 6.10 Å². The van der Waals surface area contributed by atoms with E-state index in [0.717, 1.165) is 17.6 Å². The van der Waals surface area contributed by atoms with Crippen molar-refractivity contribution in [3.05, 3.63) is 23.8 Å². The first-order chi connectivity index (χ1) is 5.54. The number of aliphatic hydroxyl groups excluding tert-OH is 2. The van der Waals surface area contributed by atoms with Gasteiger partial charge in [0.2, 0.25) is 0 Å². The van der Waals surface area contributed by atoms with Crippen LogP contribution in [0.15, 0.2) is 23.8 Å². The molecule has 68 valence electrons. The molecule has 0 heterocycles. The van der Waals surface area contributed by atoms with Gasteiger partial charge < -0.3 is 10.2 Å². The second-order valence-corrected chi connectivity index (χ2v) is 3.57. The maximum absolute atomic E-state index is 9.63. The van der Waals surface area contributed by atoms with Crippen LogP contribution in [-0.4, -0.2) is 22.4 Å². The molecule has 1 unspecified atom stereocenters. The molecule has 0 amide bonds. The lowest BCUT2D eigenvalue weighted by Crippen LogP contribution is -2.37. The molecule has 0 fully saturated rings. The van der Waals surface area contributed by atoms with E-state index in [1.54, 1.807) is 0 Å². The van der Waals surface area contributed by atoms with Gasteiger partial charge in [-0.25, -0.2) is 0 Å². The lowest BCUT2D eigenvalue weighted by atomic mass is 9.82. The van der Waals surface area contributed by atoms with Crippen LogP contribution in [0, 0.1) is 5.92 Å². The second-order valence-electron chi connectivity index (χ2n) is 3.57. The van der Waals surface area contributed by atoms with Gasteiger partial charge in [-0.15, -0.1) is 0 Å². The van der Waals surface area contributed by atoms with E-state index in [1.165, 1.54) is 0 Å². The minimum Gasteiger partial charge on any atom is -0.389 e. The molecule has 0 radical (unpaired) electrons. The summed E-state index contributed by atoms with van der Waals surface area (Å²) in [7, 11) is 0. The molecule has 0 spiro atoms. The van der Waals surface area contributed by atoms with Crippen LogP contribution in [-0.2, 0) is 0 Å². The highest BCUT2D eigenvalue weighted by Crippen LogP contribution is 2.28. The molecule has 2 N–H and O–H groups in total. The van der Waals surface area contributed by atoms with Crippen LogP contribution in [0.1, 0.15) is 20.3 Å². The van der Waals surface area contributed by atoms with Crippen LogP contribution < -0.4 is 0 Å². The monoisotopic (exact) mass is 168 g/mol. The first-order valence-corrected chi connectivity index (χ1v) is 4.22. The van der Waals surface area contributed by atoms with Gasteiger partial charge in [-0.2, -0.15) is 0 Å². The van der Waals surface area contributed by atoms with Crippen molar-refractivity contribution >= 4 is 0 Å². The Morgan fingerprint density at radius 1 is 1.58 bits per heavy atom. The maximum atomic E-state index is 9.63. The smallest absolute Gasteiger partial charge is 0.101 e. The number of rotatable bonds is 1.